The molecule has 0 aliphatic carbocycles. The third-order valence-electron chi connectivity index (χ3n) is 3.63. The fourth-order valence-electron chi connectivity index (χ4n) is 1.79. The van der Waals surface area contributed by atoms with Crippen LogP contribution in [0.5, 0.6) is 0 Å². The van der Waals surface area contributed by atoms with Crippen molar-refractivity contribution in [3.05, 3.63) is 23.6 Å². The molecule has 2 heterocycles. The highest BCUT2D eigenvalue weighted by Gasteiger charge is 2.53. The number of carbonyl (C=O) groups is 1. The Bertz CT molecular complexity index is 518. The largest absolute Gasteiger partial charge is 0.515 e. The van der Waals surface area contributed by atoms with E-state index in [1.807, 2.05) is 27.7 Å². The molecule has 5 nitrogen and oxygen atoms in total. The van der Waals surface area contributed by atoms with E-state index in [-0.39, 0.29) is 11.2 Å². The second-order valence-electron chi connectivity index (χ2n) is 5.52. The maximum absolute atomic E-state index is 13.3. The first-order chi connectivity index (χ1) is 8.64. The van der Waals surface area contributed by atoms with E-state index in [2.05, 4.69) is 4.98 Å². The SMILES string of the molecule is CC1(C)OB(c2nc(F)ccc2C(N)=O)OC1(C)C. The van der Waals surface area contributed by atoms with Crippen molar-refractivity contribution in [2.75, 3.05) is 0 Å². The van der Waals surface area contributed by atoms with Gasteiger partial charge >= 0.3 is 7.12 Å². The van der Waals surface area contributed by atoms with E-state index in [9.17, 15) is 9.18 Å². The molecule has 2 rings (SSSR count). The zero-order chi connectivity index (χ0) is 14.4. The Hall–Kier alpha value is -1.47. The Labute approximate surface area is 111 Å². The average Bonchev–Trinajstić information content (AvgIpc) is 2.47. The quantitative estimate of drug-likeness (QED) is 0.629. The van der Waals surface area contributed by atoms with Crippen molar-refractivity contribution in [2.45, 2.75) is 38.9 Å². The molecular weight excluding hydrogens is 250 g/mol. The molecule has 102 valence electrons. The molecule has 0 aromatic carbocycles. The van der Waals surface area contributed by atoms with Crippen molar-refractivity contribution in [2.24, 2.45) is 5.73 Å². The molecule has 0 radical (unpaired) electrons. The Morgan fingerprint density at radius 2 is 1.79 bits per heavy atom. The molecule has 1 saturated heterocycles. The summed E-state index contributed by atoms with van der Waals surface area (Å²) in [6.07, 6.45) is 0. The number of carbonyl (C=O) groups excluding carboxylic acids is 1. The van der Waals surface area contributed by atoms with E-state index in [0.717, 1.165) is 6.07 Å². The van der Waals surface area contributed by atoms with Gasteiger partial charge in [0, 0.05) is 0 Å². The summed E-state index contributed by atoms with van der Waals surface area (Å²) in [7, 11) is -0.914. The van der Waals surface area contributed by atoms with Crippen molar-refractivity contribution in [1.29, 1.82) is 0 Å². The normalized spacial score (nSPS) is 20.6. The van der Waals surface area contributed by atoms with Crippen LogP contribution in [0.3, 0.4) is 0 Å². The highest BCUT2D eigenvalue weighted by atomic mass is 19.1. The van der Waals surface area contributed by atoms with Gasteiger partial charge in [-0.25, -0.2) is 4.98 Å². The number of aromatic nitrogens is 1. The number of nitrogens with zero attached hydrogens (tertiary/aromatic N) is 1. The van der Waals surface area contributed by atoms with Gasteiger partial charge in [-0.2, -0.15) is 4.39 Å². The van der Waals surface area contributed by atoms with Gasteiger partial charge in [-0.1, -0.05) is 0 Å². The number of pyridine rings is 1. The van der Waals surface area contributed by atoms with Crippen LogP contribution in [0.4, 0.5) is 4.39 Å². The van der Waals surface area contributed by atoms with Gasteiger partial charge in [-0.15, -0.1) is 0 Å². The molecule has 0 atom stereocenters. The fourth-order valence-corrected chi connectivity index (χ4v) is 1.79. The number of primary amides is 1. The number of amides is 1. The minimum Gasteiger partial charge on any atom is -0.398 e. The fraction of sp³-hybridized carbons (Fsp3) is 0.500. The molecule has 1 aliphatic heterocycles. The van der Waals surface area contributed by atoms with E-state index < -0.39 is 30.2 Å². The smallest absolute Gasteiger partial charge is 0.398 e. The molecular formula is C12H16BFN2O3. The predicted molar refractivity (Wildman–Crippen MR) is 68.4 cm³/mol. The van der Waals surface area contributed by atoms with Crippen molar-refractivity contribution < 1.29 is 18.5 Å². The zero-order valence-corrected chi connectivity index (χ0v) is 11.4. The van der Waals surface area contributed by atoms with Gasteiger partial charge in [0.2, 0.25) is 11.9 Å². The minimum absolute atomic E-state index is 0.0751. The minimum atomic E-state index is -0.914. The van der Waals surface area contributed by atoms with Gasteiger partial charge in [-0.05, 0) is 39.8 Å². The van der Waals surface area contributed by atoms with E-state index in [0.29, 0.717) is 0 Å². The molecule has 0 spiro atoms. The summed E-state index contributed by atoms with van der Waals surface area (Å²) in [5.41, 5.74) is 4.23. The molecule has 2 N–H and O–H groups in total. The van der Waals surface area contributed by atoms with Crippen molar-refractivity contribution >= 4 is 18.6 Å². The lowest BCUT2D eigenvalue weighted by Gasteiger charge is -2.32. The van der Waals surface area contributed by atoms with Crippen molar-refractivity contribution in [3.63, 3.8) is 0 Å². The summed E-state index contributed by atoms with van der Waals surface area (Å²) >= 11 is 0. The lowest BCUT2D eigenvalue weighted by molar-refractivity contribution is 0.00578. The lowest BCUT2D eigenvalue weighted by Crippen LogP contribution is -2.41. The maximum Gasteiger partial charge on any atom is 0.515 e. The number of hydrogen-bond acceptors (Lipinski definition) is 4. The first-order valence-corrected chi connectivity index (χ1v) is 5.96. The average molecular weight is 266 g/mol. The Balaban J connectivity index is 2.44. The second-order valence-corrected chi connectivity index (χ2v) is 5.52. The van der Waals surface area contributed by atoms with E-state index in [4.69, 9.17) is 15.0 Å². The number of nitrogens with two attached hydrogens (primary N) is 1. The van der Waals surface area contributed by atoms with Gasteiger partial charge in [0.1, 0.15) is 0 Å². The van der Waals surface area contributed by atoms with Crippen LogP contribution in [0.1, 0.15) is 38.1 Å². The summed E-state index contributed by atoms with van der Waals surface area (Å²) in [4.78, 5) is 15.1. The topological polar surface area (TPSA) is 74.4 Å². The standard InChI is InChI=1S/C12H16BFN2O3/c1-11(2)12(3,4)19-13(18-11)9-7(10(15)17)5-6-8(14)16-9/h5-6H,1-4H3,(H2,15,17). The zero-order valence-electron chi connectivity index (χ0n) is 11.4. The van der Waals surface area contributed by atoms with Gasteiger partial charge < -0.3 is 15.0 Å². The first kappa shape index (κ1) is 14.0. The van der Waals surface area contributed by atoms with Crippen LogP contribution in [0.15, 0.2) is 12.1 Å². The van der Waals surface area contributed by atoms with Gasteiger partial charge in [0.05, 0.1) is 22.4 Å². The molecule has 19 heavy (non-hydrogen) atoms. The molecule has 7 heteroatoms. The van der Waals surface area contributed by atoms with Crippen LogP contribution < -0.4 is 11.3 Å². The molecule has 1 aliphatic rings. The Morgan fingerprint density at radius 1 is 1.26 bits per heavy atom. The predicted octanol–water partition coefficient (Wildman–Crippen LogP) is 0.619. The third kappa shape index (κ3) is 2.35. The highest BCUT2D eigenvalue weighted by Crippen LogP contribution is 2.36. The summed E-state index contributed by atoms with van der Waals surface area (Å²) in [6.45, 7) is 7.43. The molecule has 0 unspecified atom stereocenters. The highest BCUT2D eigenvalue weighted by molar-refractivity contribution is 6.62. The lowest BCUT2D eigenvalue weighted by atomic mass is 9.80. The first-order valence-electron chi connectivity index (χ1n) is 5.96. The van der Waals surface area contributed by atoms with Crippen LogP contribution in [0, 0.1) is 5.95 Å². The monoisotopic (exact) mass is 266 g/mol. The van der Waals surface area contributed by atoms with Gasteiger partial charge in [0.25, 0.3) is 0 Å². The van der Waals surface area contributed by atoms with Crippen LogP contribution in [0.2, 0.25) is 0 Å². The van der Waals surface area contributed by atoms with Crippen molar-refractivity contribution in [3.8, 4) is 0 Å². The van der Waals surface area contributed by atoms with Crippen LogP contribution in [-0.2, 0) is 9.31 Å². The van der Waals surface area contributed by atoms with Crippen LogP contribution >= 0.6 is 0 Å². The summed E-state index contributed by atoms with van der Waals surface area (Å²) in [6, 6.07) is 2.36. The molecule has 0 bridgehead atoms. The summed E-state index contributed by atoms with van der Waals surface area (Å²) in [5, 5.41) is 0. The number of rotatable bonds is 2. The summed E-state index contributed by atoms with van der Waals surface area (Å²) < 4.78 is 24.7. The number of hydrogen-bond donors (Lipinski definition) is 1. The Morgan fingerprint density at radius 3 is 2.26 bits per heavy atom. The van der Waals surface area contributed by atoms with Gasteiger partial charge in [-0.3, -0.25) is 4.79 Å². The van der Waals surface area contributed by atoms with Crippen LogP contribution in [0.25, 0.3) is 0 Å². The van der Waals surface area contributed by atoms with E-state index in [1.54, 1.807) is 0 Å². The van der Waals surface area contributed by atoms with E-state index in [1.165, 1.54) is 6.07 Å². The summed E-state index contributed by atoms with van der Waals surface area (Å²) in [5.74, 6) is -1.41. The number of halogens is 1. The molecule has 1 amide bonds. The molecule has 1 fully saturated rings. The van der Waals surface area contributed by atoms with Crippen LogP contribution in [-0.4, -0.2) is 29.2 Å². The molecule has 0 saturated carbocycles. The molecule has 1 aromatic rings. The third-order valence-corrected chi connectivity index (χ3v) is 3.63. The molecule has 1 aromatic heterocycles. The van der Waals surface area contributed by atoms with Crippen molar-refractivity contribution in [1.82, 2.24) is 4.98 Å². The second kappa shape index (κ2) is 4.28. The Kier molecular flexibility index (Phi) is 3.14. The van der Waals surface area contributed by atoms with E-state index >= 15 is 0 Å². The van der Waals surface area contributed by atoms with Gasteiger partial charge in [0.15, 0.2) is 0 Å². The maximum atomic E-state index is 13.3.